The number of aliphatic hydroxyl groups excluding tert-OH is 1. The number of hydrogen-bond donors (Lipinski definition) is 2. The molecule has 0 saturated carbocycles. The average Bonchev–Trinajstić information content (AvgIpc) is 2.67. The smallest absolute Gasteiger partial charge is 0.410 e. The minimum absolute atomic E-state index is 0.196. The summed E-state index contributed by atoms with van der Waals surface area (Å²) in [4.78, 5) is 37.1. The van der Waals surface area contributed by atoms with E-state index in [1.807, 2.05) is 20.8 Å². The van der Waals surface area contributed by atoms with Gasteiger partial charge in [-0.05, 0) is 70.2 Å². The van der Waals surface area contributed by atoms with Crippen molar-refractivity contribution >= 4 is 18.0 Å². The standard InChI is InChI=1S/C22H32N2O7/c1-22(2,3)31-21(28)24-11-8-15(9-12-24)10-13-29-17-6-4-16(5-7-17)20(27)30-19(26)14-18(23)25/h4-7,15,18,25H,8-14,23H2,1-3H3/t18-/m0/s1. The van der Waals surface area contributed by atoms with Crippen molar-refractivity contribution in [2.24, 2.45) is 11.7 Å². The number of aliphatic hydroxyl groups is 1. The van der Waals surface area contributed by atoms with Gasteiger partial charge >= 0.3 is 18.0 Å². The Balaban J connectivity index is 1.69. The Labute approximate surface area is 182 Å². The fourth-order valence-electron chi connectivity index (χ4n) is 3.14. The van der Waals surface area contributed by atoms with Crippen molar-refractivity contribution < 1.29 is 33.7 Å². The quantitative estimate of drug-likeness (QED) is 0.379. The Kier molecular flexibility index (Phi) is 8.82. The van der Waals surface area contributed by atoms with Crippen LogP contribution >= 0.6 is 0 Å². The van der Waals surface area contributed by atoms with E-state index in [9.17, 15) is 14.4 Å². The number of carbonyl (C=O) groups excluding carboxylic acids is 3. The molecule has 1 aliphatic heterocycles. The Hall–Kier alpha value is -2.65. The van der Waals surface area contributed by atoms with Crippen LogP contribution in [0, 0.1) is 5.92 Å². The predicted octanol–water partition coefficient (Wildman–Crippen LogP) is 2.45. The molecule has 1 amide bonds. The number of rotatable bonds is 7. The number of likely N-dealkylation sites (tertiary alicyclic amines) is 1. The third-order valence-corrected chi connectivity index (χ3v) is 4.73. The van der Waals surface area contributed by atoms with E-state index in [2.05, 4.69) is 4.74 Å². The fraction of sp³-hybridized carbons (Fsp3) is 0.591. The molecule has 31 heavy (non-hydrogen) atoms. The maximum absolute atomic E-state index is 12.1. The zero-order chi connectivity index (χ0) is 23.0. The molecule has 1 atom stereocenters. The second kappa shape index (κ2) is 11.1. The van der Waals surface area contributed by atoms with Gasteiger partial charge in [0.2, 0.25) is 0 Å². The molecule has 1 fully saturated rings. The lowest BCUT2D eigenvalue weighted by atomic mass is 9.94. The summed E-state index contributed by atoms with van der Waals surface area (Å²) in [6.45, 7) is 7.45. The number of hydrogen-bond acceptors (Lipinski definition) is 8. The minimum Gasteiger partial charge on any atom is -0.494 e. The van der Waals surface area contributed by atoms with Crippen molar-refractivity contribution in [2.75, 3.05) is 19.7 Å². The first-order chi connectivity index (χ1) is 14.5. The van der Waals surface area contributed by atoms with Gasteiger partial charge in [-0.2, -0.15) is 0 Å². The summed E-state index contributed by atoms with van der Waals surface area (Å²) in [6, 6.07) is 6.26. The van der Waals surface area contributed by atoms with Crippen LogP contribution in [-0.2, 0) is 14.3 Å². The first-order valence-corrected chi connectivity index (χ1v) is 10.4. The minimum atomic E-state index is -1.36. The highest BCUT2D eigenvalue weighted by atomic mass is 16.6. The molecule has 1 saturated heterocycles. The van der Waals surface area contributed by atoms with Crippen LogP contribution in [0.25, 0.3) is 0 Å². The molecule has 0 unspecified atom stereocenters. The first-order valence-electron chi connectivity index (χ1n) is 10.4. The number of piperidine rings is 1. The van der Waals surface area contributed by atoms with Crippen molar-refractivity contribution in [3.63, 3.8) is 0 Å². The van der Waals surface area contributed by atoms with Crippen LogP contribution in [0.3, 0.4) is 0 Å². The van der Waals surface area contributed by atoms with Gasteiger partial charge in [-0.1, -0.05) is 0 Å². The number of ether oxygens (including phenoxy) is 3. The Bertz CT molecular complexity index is 748. The van der Waals surface area contributed by atoms with Gasteiger partial charge in [-0.25, -0.2) is 9.59 Å². The Morgan fingerprint density at radius 3 is 2.32 bits per heavy atom. The SMILES string of the molecule is CC(C)(C)OC(=O)N1CCC(CCOc2ccc(C(=O)OC(=O)C[C@@H](N)O)cc2)CC1. The van der Waals surface area contributed by atoms with Gasteiger partial charge in [0, 0.05) is 13.1 Å². The molecule has 1 aliphatic rings. The molecular formula is C22H32N2O7. The summed E-state index contributed by atoms with van der Waals surface area (Å²) in [7, 11) is 0. The topological polar surface area (TPSA) is 128 Å². The number of nitrogens with zero attached hydrogens (tertiary/aromatic N) is 1. The highest BCUT2D eigenvalue weighted by Gasteiger charge is 2.26. The summed E-state index contributed by atoms with van der Waals surface area (Å²) >= 11 is 0. The fourth-order valence-corrected chi connectivity index (χ4v) is 3.14. The lowest BCUT2D eigenvalue weighted by Crippen LogP contribution is -2.41. The molecular weight excluding hydrogens is 404 g/mol. The highest BCUT2D eigenvalue weighted by Crippen LogP contribution is 2.23. The van der Waals surface area contributed by atoms with E-state index in [-0.39, 0.29) is 11.7 Å². The van der Waals surface area contributed by atoms with E-state index in [0.29, 0.717) is 31.4 Å². The Morgan fingerprint density at radius 1 is 1.16 bits per heavy atom. The van der Waals surface area contributed by atoms with Gasteiger partial charge in [0.15, 0.2) is 0 Å². The third-order valence-electron chi connectivity index (χ3n) is 4.73. The molecule has 0 aromatic heterocycles. The molecule has 0 bridgehead atoms. The van der Waals surface area contributed by atoms with Crippen LogP contribution in [0.2, 0.25) is 0 Å². The summed E-state index contributed by atoms with van der Waals surface area (Å²) in [5.74, 6) is -0.629. The van der Waals surface area contributed by atoms with E-state index in [0.717, 1.165) is 19.3 Å². The summed E-state index contributed by atoms with van der Waals surface area (Å²) < 4.78 is 15.8. The van der Waals surface area contributed by atoms with Crippen LogP contribution in [0.5, 0.6) is 5.75 Å². The number of amides is 1. The largest absolute Gasteiger partial charge is 0.494 e. The molecule has 3 N–H and O–H groups in total. The molecule has 9 heteroatoms. The Morgan fingerprint density at radius 2 is 1.77 bits per heavy atom. The molecule has 1 aromatic rings. The predicted molar refractivity (Wildman–Crippen MR) is 112 cm³/mol. The van der Waals surface area contributed by atoms with Gasteiger partial charge < -0.3 is 30.0 Å². The third kappa shape index (κ3) is 8.94. The lowest BCUT2D eigenvalue weighted by Gasteiger charge is -2.33. The maximum Gasteiger partial charge on any atom is 0.410 e. The number of benzene rings is 1. The van der Waals surface area contributed by atoms with Crippen LogP contribution in [0.1, 0.15) is 56.8 Å². The highest BCUT2D eigenvalue weighted by molar-refractivity contribution is 5.96. The second-order valence-corrected chi connectivity index (χ2v) is 8.61. The van der Waals surface area contributed by atoms with Gasteiger partial charge in [0.1, 0.15) is 17.6 Å². The zero-order valence-corrected chi connectivity index (χ0v) is 18.3. The van der Waals surface area contributed by atoms with Crippen LogP contribution in [-0.4, -0.2) is 59.6 Å². The van der Waals surface area contributed by atoms with Crippen molar-refractivity contribution in [3.05, 3.63) is 29.8 Å². The summed E-state index contributed by atoms with van der Waals surface area (Å²) in [6.07, 6.45) is 0.589. The lowest BCUT2D eigenvalue weighted by molar-refractivity contribution is -0.140. The normalized spacial score (nSPS) is 15.8. The maximum atomic E-state index is 12.1. The summed E-state index contributed by atoms with van der Waals surface area (Å²) in [5, 5.41) is 8.92. The van der Waals surface area contributed by atoms with Crippen LogP contribution < -0.4 is 10.5 Å². The van der Waals surface area contributed by atoms with Crippen molar-refractivity contribution in [2.45, 2.75) is 58.3 Å². The number of carbonyl (C=O) groups is 3. The van der Waals surface area contributed by atoms with E-state index in [1.165, 1.54) is 12.1 Å². The molecule has 172 valence electrons. The average molecular weight is 437 g/mol. The van der Waals surface area contributed by atoms with Gasteiger partial charge in [0.05, 0.1) is 18.6 Å². The molecule has 0 radical (unpaired) electrons. The molecule has 2 rings (SSSR count). The molecule has 1 heterocycles. The molecule has 9 nitrogen and oxygen atoms in total. The zero-order valence-electron chi connectivity index (χ0n) is 18.3. The van der Waals surface area contributed by atoms with Crippen molar-refractivity contribution in [3.8, 4) is 5.75 Å². The van der Waals surface area contributed by atoms with E-state index < -0.39 is 30.2 Å². The van der Waals surface area contributed by atoms with Crippen molar-refractivity contribution in [1.82, 2.24) is 4.90 Å². The number of nitrogens with two attached hydrogens (primary N) is 1. The van der Waals surface area contributed by atoms with Gasteiger partial charge in [-0.15, -0.1) is 0 Å². The summed E-state index contributed by atoms with van der Waals surface area (Å²) in [5.41, 5.74) is 4.78. The van der Waals surface area contributed by atoms with E-state index in [1.54, 1.807) is 17.0 Å². The van der Waals surface area contributed by atoms with E-state index in [4.69, 9.17) is 20.3 Å². The monoisotopic (exact) mass is 436 g/mol. The number of esters is 2. The van der Waals surface area contributed by atoms with Gasteiger partial charge in [0.25, 0.3) is 0 Å². The van der Waals surface area contributed by atoms with Crippen molar-refractivity contribution in [1.29, 1.82) is 0 Å². The molecule has 0 spiro atoms. The molecule has 0 aliphatic carbocycles. The molecule has 1 aromatic carbocycles. The second-order valence-electron chi connectivity index (χ2n) is 8.61. The van der Waals surface area contributed by atoms with Crippen LogP contribution in [0.15, 0.2) is 24.3 Å². The van der Waals surface area contributed by atoms with E-state index >= 15 is 0 Å². The van der Waals surface area contributed by atoms with Crippen LogP contribution in [0.4, 0.5) is 4.79 Å². The first kappa shape index (κ1) is 24.6. The van der Waals surface area contributed by atoms with Gasteiger partial charge in [-0.3, -0.25) is 4.79 Å².